The number of para-hydroxylation sites is 1. The first-order chi connectivity index (χ1) is 16.2. The topological polar surface area (TPSA) is 89.7 Å². The summed E-state index contributed by atoms with van der Waals surface area (Å²) in [6, 6.07) is 32.2. The molecule has 0 aliphatic carbocycles. The fraction of sp³-hybridized carbons (Fsp3) is 0.0357. The average Bonchev–Trinajstić information content (AvgIpc) is 2.88. The Kier molecular flexibility index (Phi) is 5.07. The van der Waals surface area contributed by atoms with E-state index in [1.807, 2.05) is 84.9 Å². The van der Waals surface area contributed by atoms with Crippen molar-refractivity contribution in [1.82, 2.24) is 4.98 Å². The predicted octanol–water partition coefficient (Wildman–Crippen LogP) is 5.51. The van der Waals surface area contributed by atoms with Gasteiger partial charge in [0.2, 0.25) is 0 Å². The van der Waals surface area contributed by atoms with Crippen LogP contribution in [0.25, 0.3) is 22.4 Å². The summed E-state index contributed by atoms with van der Waals surface area (Å²) in [6.07, 6.45) is 0. The van der Waals surface area contributed by atoms with Crippen LogP contribution in [0.2, 0.25) is 0 Å². The maximum atomic E-state index is 13.2. The summed E-state index contributed by atoms with van der Waals surface area (Å²) in [5.74, 6) is -0.186. The van der Waals surface area contributed by atoms with E-state index in [0.717, 1.165) is 5.39 Å². The second-order valence-corrected chi connectivity index (χ2v) is 7.62. The molecule has 0 unspecified atom stereocenters. The first kappa shape index (κ1) is 20.1. The third kappa shape index (κ3) is 3.48. The summed E-state index contributed by atoms with van der Waals surface area (Å²) >= 11 is 0. The molecule has 156 valence electrons. The number of ether oxygens (including phenoxy) is 1. The van der Waals surface area contributed by atoms with E-state index in [1.54, 1.807) is 6.07 Å². The van der Waals surface area contributed by atoms with E-state index in [4.69, 9.17) is 4.74 Å². The van der Waals surface area contributed by atoms with E-state index in [2.05, 4.69) is 17.1 Å². The lowest BCUT2D eigenvalue weighted by atomic mass is 9.81. The van der Waals surface area contributed by atoms with Crippen molar-refractivity contribution in [3.8, 4) is 12.1 Å². The number of H-pyrrole nitrogens is 1. The summed E-state index contributed by atoms with van der Waals surface area (Å²) in [5, 5.41) is 21.2. The number of rotatable bonds is 3. The molecular formula is C28H17N3O2. The quantitative estimate of drug-likeness (QED) is 0.467. The second-order valence-electron chi connectivity index (χ2n) is 7.62. The first-order valence-electron chi connectivity index (χ1n) is 10.4. The molecule has 0 saturated carbocycles. The number of aromatic amines is 1. The van der Waals surface area contributed by atoms with E-state index in [9.17, 15) is 15.3 Å². The minimum Gasteiger partial charge on any atom is -0.454 e. The first-order valence-corrected chi connectivity index (χ1v) is 10.4. The highest BCUT2D eigenvalue weighted by molar-refractivity contribution is 5.85. The van der Waals surface area contributed by atoms with Crippen LogP contribution in [0.15, 0.2) is 107 Å². The molecular weight excluding hydrogens is 410 g/mol. The summed E-state index contributed by atoms with van der Waals surface area (Å²) in [6.45, 7) is 0. The van der Waals surface area contributed by atoms with Crippen LogP contribution >= 0.6 is 0 Å². The zero-order valence-corrected chi connectivity index (χ0v) is 17.4. The van der Waals surface area contributed by atoms with E-state index in [0.29, 0.717) is 33.7 Å². The Bertz CT molecular complexity index is 1490. The van der Waals surface area contributed by atoms with E-state index in [1.165, 1.54) is 0 Å². The maximum Gasteiger partial charge on any atom is 0.252 e. The van der Waals surface area contributed by atoms with Crippen molar-refractivity contribution in [2.24, 2.45) is 0 Å². The molecule has 0 saturated heterocycles. The third-order valence-electron chi connectivity index (χ3n) is 5.68. The summed E-state index contributed by atoms with van der Waals surface area (Å²) in [4.78, 5) is 16.1. The van der Waals surface area contributed by atoms with Crippen molar-refractivity contribution in [2.75, 3.05) is 0 Å². The number of hydrogen-bond donors (Lipinski definition) is 1. The van der Waals surface area contributed by atoms with E-state index in [-0.39, 0.29) is 16.7 Å². The molecule has 0 fully saturated rings. The molecule has 0 spiro atoms. The van der Waals surface area contributed by atoms with Crippen LogP contribution < -0.4 is 5.56 Å². The van der Waals surface area contributed by atoms with Crippen LogP contribution in [0.5, 0.6) is 0 Å². The normalized spacial score (nSPS) is 14.0. The van der Waals surface area contributed by atoms with Gasteiger partial charge in [0.15, 0.2) is 0 Å². The largest absolute Gasteiger partial charge is 0.454 e. The highest BCUT2D eigenvalue weighted by Gasteiger charge is 2.36. The number of nitrogens with zero attached hydrogens (tertiary/aromatic N) is 2. The molecule has 1 aliphatic heterocycles. The Morgan fingerprint density at radius 1 is 0.727 bits per heavy atom. The van der Waals surface area contributed by atoms with Crippen LogP contribution in [0.3, 0.4) is 0 Å². The third-order valence-corrected chi connectivity index (χ3v) is 5.68. The maximum absolute atomic E-state index is 13.2. The van der Waals surface area contributed by atoms with Crippen molar-refractivity contribution < 1.29 is 4.74 Å². The zero-order valence-electron chi connectivity index (χ0n) is 17.4. The van der Waals surface area contributed by atoms with Crippen LogP contribution in [0.1, 0.15) is 22.6 Å². The fourth-order valence-electron chi connectivity index (χ4n) is 4.15. The highest BCUT2D eigenvalue weighted by Crippen LogP contribution is 2.45. The molecule has 1 aliphatic rings. The van der Waals surface area contributed by atoms with Gasteiger partial charge in [0.05, 0.1) is 29.2 Å². The van der Waals surface area contributed by atoms with Gasteiger partial charge < -0.3 is 9.72 Å². The number of benzene rings is 3. The second kappa shape index (κ2) is 8.34. The van der Waals surface area contributed by atoms with Crippen LogP contribution in [0, 0.1) is 22.7 Å². The number of nitriles is 2. The minimum absolute atomic E-state index is 0.221. The lowest BCUT2D eigenvalue weighted by Gasteiger charge is -2.28. The van der Waals surface area contributed by atoms with Crippen LogP contribution in [0.4, 0.5) is 0 Å². The number of nitrogens with one attached hydrogen (secondary N) is 1. The zero-order chi connectivity index (χ0) is 22.8. The van der Waals surface area contributed by atoms with Crippen molar-refractivity contribution in [3.05, 3.63) is 129 Å². The number of allylic oxidation sites excluding steroid dienone is 2. The highest BCUT2D eigenvalue weighted by atomic mass is 16.5. The molecule has 0 atom stereocenters. The lowest BCUT2D eigenvalue weighted by Crippen LogP contribution is -2.23. The van der Waals surface area contributed by atoms with Gasteiger partial charge >= 0.3 is 0 Å². The molecule has 4 aromatic rings. The van der Waals surface area contributed by atoms with Gasteiger partial charge in [-0.2, -0.15) is 10.5 Å². The number of hydrogen-bond acceptors (Lipinski definition) is 4. The lowest BCUT2D eigenvalue weighted by molar-refractivity contribution is 0.451. The van der Waals surface area contributed by atoms with Gasteiger partial charge in [-0.25, -0.2) is 0 Å². The minimum atomic E-state index is -0.868. The molecule has 0 amide bonds. The van der Waals surface area contributed by atoms with Crippen LogP contribution in [-0.2, 0) is 4.74 Å². The molecule has 5 rings (SSSR count). The SMILES string of the molecule is N#CC1=C(c2ccccc2)OC(c2ccccc2)=C(C#N)C1c1cc2ccccc2[nH]c1=O. The molecule has 5 heteroatoms. The molecule has 5 nitrogen and oxygen atoms in total. The van der Waals surface area contributed by atoms with Crippen molar-refractivity contribution in [1.29, 1.82) is 10.5 Å². The summed E-state index contributed by atoms with van der Waals surface area (Å²) in [7, 11) is 0. The van der Waals surface area contributed by atoms with Gasteiger partial charge in [0.1, 0.15) is 11.5 Å². The standard InChI is InChI=1S/C28H17N3O2/c29-16-22-25(21-15-20-13-7-8-14-24(20)31-28(21)32)23(17-30)27(19-11-5-2-6-12-19)33-26(22)18-9-3-1-4-10-18/h1-15,25H,(H,31,32). The van der Waals surface area contributed by atoms with E-state index >= 15 is 0 Å². The van der Waals surface area contributed by atoms with Crippen molar-refractivity contribution in [3.63, 3.8) is 0 Å². The predicted molar refractivity (Wildman–Crippen MR) is 126 cm³/mol. The number of fused-ring (bicyclic) bond motifs is 1. The Morgan fingerprint density at radius 2 is 1.24 bits per heavy atom. The van der Waals surface area contributed by atoms with E-state index < -0.39 is 5.92 Å². The Labute approximate surface area is 190 Å². The molecule has 0 radical (unpaired) electrons. The van der Waals surface area contributed by atoms with Gasteiger partial charge in [-0.3, -0.25) is 4.79 Å². The van der Waals surface area contributed by atoms with Gasteiger partial charge in [-0.05, 0) is 17.5 Å². The van der Waals surface area contributed by atoms with Gasteiger partial charge in [0, 0.05) is 22.2 Å². The smallest absolute Gasteiger partial charge is 0.252 e. The number of pyridine rings is 1. The Morgan fingerprint density at radius 3 is 1.79 bits per heavy atom. The fourth-order valence-corrected chi connectivity index (χ4v) is 4.15. The summed E-state index contributed by atoms with van der Waals surface area (Å²) < 4.78 is 6.25. The summed E-state index contributed by atoms with van der Waals surface area (Å²) in [5.41, 5.74) is 2.50. The molecule has 1 N–H and O–H groups in total. The van der Waals surface area contributed by atoms with Gasteiger partial charge in [-0.15, -0.1) is 0 Å². The van der Waals surface area contributed by atoms with Crippen molar-refractivity contribution in [2.45, 2.75) is 5.92 Å². The molecule has 2 heterocycles. The van der Waals surface area contributed by atoms with Crippen molar-refractivity contribution >= 4 is 22.4 Å². The molecule has 3 aromatic carbocycles. The van der Waals surface area contributed by atoms with Gasteiger partial charge in [-0.1, -0.05) is 78.9 Å². The Hall–Kier alpha value is -4.87. The molecule has 0 bridgehead atoms. The monoisotopic (exact) mass is 427 g/mol. The molecule has 1 aromatic heterocycles. The Balaban J connectivity index is 1.84. The van der Waals surface area contributed by atoms with Crippen LogP contribution in [-0.4, -0.2) is 4.98 Å². The molecule has 33 heavy (non-hydrogen) atoms. The number of aromatic nitrogens is 1. The van der Waals surface area contributed by atoms with Gasteiger partial charge in [0.25, 0.3) is 5.56 Å². The average molecular weight is 427 g/mol.